The van der Waals surface area contributed by atoms with Crippen LogP contribution in [0, 0.1) is 16.0 Å². The average Bonchev–Trinajstić information content (AvgIpc) is 2.68. The van der Waals surface area contributed by atoms with Crippen molar-refractivity contribution in [3.63, 3.8) is 0 Å². The number of nitro benzene ring substituents is 1. The van der Waals surface area contributed by atoms with Gasteiger partial charge in [-0.2, -0.15) is 0 Å². The Balaban J connectivity index is 1.52. The van der Waals surface area contributed by atoms with Crippen molar-refractivity contribution in [2.24, 2.45) is 5.92 Å². The molecule has 1 aromatic rings. The van der Waals surface area contributed by atoms with E-state index in [-0.39, 0.29) is 16.5 Å². The minimum atomic E-state index is -0.328. The Morgan fingerprint density at radius 3 is 2.44 bits per heavy atom. The normalized spacial score (nSPS) is 19.3. The van der Waals surface area contributed by atoms with Crippen molar-refractivity contribution in [1.29, 1.82) is 0 Å². The van der Waals surface area contributed by atoms with Crippen LogP contribution in [-0.2, 0) is 4.79 Å². The van der Waals surface area contributed by atoms with Gasteiger partial charge in [-0.1, -0.05) is 22.9 Å². The Morgan fingerprint density at radius 2 is 1.85 bits per heavy atom. The highest BCUT2D eigenvalue weighted by atomic mass is 79.9. The average molecular weight is 439 g/mol. The molecule has 0 atom stereocenters. The molecule has 2 aliphatic heterocycles. The Labute approximate surface area is 168 Å². The van der Waals surface area contributed by atoms with E-state index in [1.165, 1.54) is 0 Å². The summed E-state index contributed by atoms with van der Waals surface area (Å²) in [5, 5.41) is 11.4. The van der Waals surface area contributed by atoms with E-state index in [0.717, 1.165) is 58.7 Å². The molecular weight excluding hydrogens is 412 g/mol. The molecule has 3 rings (SSSR count). The van der Waals surface area contributed by atoms with E-state index in [4.69, 9.17) is 0 Å². The van der Waals surface area contributed by atoms with Crippen molar-refractivity contribution in [3.05, 3.63) is 32.8 Å². The van der Waals surface area contributed by atoms with Gasteiger partial charge in [-0.25, -0.2) is 0 Å². The predicted octanol–water partition coefficient (Wildman–Crippen LogP) is 3.13. The standard InChI is InChI=1S/C19H27BrN4O3/c1-2-21-9-11-23(12-10-21)19(25)13-15-5-7-22(8-6-15)17-4-3-16(20)14-18(17)24(26)27/h3-4,14-15H,2,5-13H2,1H3. The number of piperidine rings is 1. The van der Waals surface area contributed by atoms with Crippen molar-refractivity contribution in [1.82, 2.24) is 9.80 Å². The summed E-state index contributed by atoms with van der Waals surface area (Å²) in [6.07, 6.45) is 2.39. The number of amides is 1. The topological polar surface area (TPSA) is 69.9 Å². The summed E-state index contributed by atoms with van der Waals surface area (Å²) >= 11 is 3.30. The van der Waals surface area contributed by atoms with Gasteiger partial charge in [0.1, 0.15) is 5.69 Å². The molecule has 0 saturated carbocycles. The molecule has 0 spiro atoms. The molecule has 0 N–H and O–H groups in total. The lowest BCUT2D eigenvalue weighted by molar-refractivity contribution is -0.384. The minimum absolute atomic E-state index is 0.132. The molecule has 8 heteroatoms. The monoisotopic (exact) mass is 438 g/mol. The van der Waals surface area contributed by atoms with E-state index in [0.29, 0.717) is 22.5 Å². The lowest BCUT2D eigenvalue weighted by atomic mass is 9.92. The van der Waals surface area contributed by atoms with E-state index >= 15 is 0 Å². The minimum Gasteiger partial charge on any atom is -0.366 e. The predicted molar refractivity (Wildman–Crippen MR) is 109 cm³/mol. The first-order valence-electron chi connectivity index (χ1n) is 9.67. The molecule has 0 radical (unpaired) electrons. The Bertz CT molecular complexity index is 684. The van der Waals surface area contributed by atoms with Gasteiger partial charge in [-0.05, 0) is 37.4 Å². The van der Waals surface area contributed by atoms with Gasteiger partial charge in [0.25, 0.3) is 5.69 Å². The Kier molecular flexibility index (Phi) is 6.70. The number of carbonyl (C=O) groups excluding carboxylic acids is 1. The van der Waals surface area contributed by atoms with Gasteiger partial charge >= 0.3 is 0 Å². The van der Waals surface area contributed by atoms with E-state index in [2.05, 4.69) is 32.7 Å². The maximum Gasteiger partial charge on any atom is 0.293 e. The van der Waals surface area contributed by atoms with E-state index < -0.39 is 0 Å². The maximum absolute atomic E-state index is 12.6. The van der Waals surface area contributed by atoms with Crippen molar-refractivity contribution in [2.75, 3.05) is 50.7 Å². The van der Waals surface area contributed by atoms with Gasteiger partial charge in [-0.15, -0.1) is 0 Å². The SMILES string of the molecule is CCN1CCN(C(=O)CC2CCN(c3ccc(Br)cc3[N+](=O)[O-])CC2)CC1. The number of halogens is 1. The second-order valence-corrected chi connectivity index (χ2v) is 8.26. The van der Waals surface area contributed by atoms with Gasteiger partial charge in [-0.3, -0.25) is 14.9 Å². The molecule has 27 heavy (non-hydrogen) atoms. The first-order chi connectivity index (χ1) is 13.0. The van der Waals surface area contributed by atoms with Gasteiger partial charge in [0, 0.05) is 56.2 Å². The smallest absolute Gasteiger partial charge is 0.293 e. The number of hydrogen-bond donors (Lipinski definition) is 0. The zero-order valence-corrected chi connectivity index (χ0v) is 17.4. The molecule has 1 amide bonds. The fourth-order valence-corrected chi connectivity index (χ4v) is 4.33. The number of anilines is 1. The first kappa shape index (κ1) is 20.1. The number of piperazine rings is 1. The summed E-state index contributed by atoms with van der Waals surface area (Å²) in [7, 11) is 0. The number of carbonyl (C=O) groups is 1. The van der Waals surface area contributed by atoms with Crippen LogP contribution in [0.3, 0.4) is 0 Å². The number of benzene rings is 1. The molecule has 2 aliphatic rings. The van der Waals surface area contributed by atoms with Crippen LogP contribution in [-0.4, -0.2) is 66.4 Å². The molecule has 7 nitrogen and oxygen atoms in total. The summed E-state index contributed by atoms with van der Waals surface area (Å²) in [6, 6.07) is 5.20. The number of rotatable bonds is 5. The highest BCUT2D eigenvalue weighted by molar-refractivity contribution is 9.10. The van der Waals surface area contributed by atoms with Crippen LogP contribution < -0.4 is 4.90 Å². The van der Waals surface area contributed by atoms with Gasteiger partial charge < -0.3 is 14.7 Å². The molecule has 0 aliphatic carbocycles. The molecule has 0 bridgehead atoms. The molecular formula is C19H27BrN4O3. The molecule has 1 aromatic carbocycles. The summed E-state index contributed by atoms with van der Waals surface area (Å²) in [5.74, 6) is 0.631. The van der Waals surface area contributed by atoms with E-state index in [9.17, 15) is 14.9 Å². The van der Waals surface area contributed by atoms with Crippen LogP contribution in [0.25, 0.3) is 0 Å². The molecule has 2 saturated heterocycles. The van der Waals surface area contributed by atoms with Gasteiger partial charge in [0.2, 0.25) is 5.91 Å². The molecule has 0 aromatic heterocycles. The van der Waals surface area contributed by atoms with Crippen molar-refractivity contribution >= 4 is 33.2 Å². The van der Waals surface area contributed by atoms with Crippen LogP contribution in [0.2, 0.25) is 0 Å². The summed E-state index contributed by atoms with van der Waals surface area (Å²) in [4.78, 5) is 30.1. The van der Waals surface area contributed by atoms with Crippen molar-refractivity contribution in [2.45, 2.75) is 26.2 Å². The third-order valence-corrected chi connectivity index (χ3v) is 6.22. The molecule has 0 unspecified atom stereocenters. The molecule has 148 valence electrons. The van der Waals surface area contributed by atoms with Crippen LogP contribution in [0.1, 0.15) is 26.2 Å². The number of nitro groups is 1. The Morgan fingerprint density at radius 1 is 1.19 bits per heavy atom. The fourth-order valence-electron chi connectivity index (χ4n) is 3.98. The van der Waals surface area contributed by atoms with Crippen LogP contribution >= 0.6 is 15.9 Å². The Hall–Kier alpha value is -1.67. The second-order valence-electron chi connectivity index (χ2n) is 7.34. The highest BCUT2D eigenvalue weighted by Gasteiger charge is 2.28. The van der Waals surface area contributed by atoms with Crippen molar-refractivity contribution in [3.8, 4) is 0 Å². The lowest BCUT2D eigenvalue weighted by Crippen LogP contribution is -2.49. The van der Waals surface area contributed by atoms with Crippen LogP contribution in [0.5, 0.6) is 0 Å². The molecule has 2 fully saturated rings. The number of nitrogens with zero attached hydrogens (tertiary/aromatic N) is 4. The zero-order valence-electron chi connectivity index (χ0n) is 15.8. The maximum atomic E-state index is 12.6. The number of likely N-dealkylation sites (N-methyl/N-ethyl adjacent to an activating group) is 1. The summed E-state index contributed by atoms with van der Waals surface area (Å²) in [6.45, 7) is 8.30. The quantitative estimate of drug-likeness (QED) is 0.521. The number of hydrogen-bond acceptors (Lipinski definition) is 5. The van der Waals surface area contributed by atoms with Crippen molar-refractivity contribution < 1.29 is 9.72 Å². The third kappa shape index (κ3) is 4.99. The highest BCUT2D eigenvalue weighted by Crippen LogP contribution is 2.34. The van der Waals surface area contributed by atoms with E-state index in [1.807, 2.05) is 11.0 Å². The lowest BCUT2D eigenvalue weighted by Gasteiger charge is -2.36. The first-order valence-corrected chi connectivity index (χ1v) is 10.5. The fraction of sp³-hybridized carbons (Fsp3) is 0.632. The van der Waals surface area contributed by atoms with Gasteiger partial charge in [0.15, 0.2) is 0 Å². The van der Waals surface area contributed by atoms with E-state index in [1.54, 1.807) is 12.1 Å². The third-order valence-electron chi connectivity index (χ3n) is 5.72. The van der Waals surface area contributed by atoms with Crippen LogP contribution in [0.4, 0.5) is 11.4 Å². The largest absolute Gasteiger partial charge is 0.366 e. The zero-order chi connectivity index (χ0) is 19.4. The summed E-state index contributed by atoms with van der Waals surface area (Å²) < 4.78 is 0.710. The molecule has 2 heterocycles. The summed E-state index contributed by atoms with van der Waals surface area (Å²) in [5.41, 5.74) is 0.802. The van der Waals surface area contributed by atoms with Gasteiger partial charge in [0.05, 0.1) is 4.92 Å². The second kappa shape index (κ2) is 9.01. The van der Waals surface area contributed by atoms with Crippen LogP contribution in [0.15, 0.2) is 22.7 Å².